The first kappa shape index (κ1) is 14.2. The van der Waals surface area contributed by atoms with Crippen LogP contribution in [0.2, 0.25) is 0 Å². The van der Waals surface area contributed by atoms with Crippen molar-refractivity contribution in [3.63, 3.8) is 0 Å². The second-order valence-corrected chi connectivity index (χ2v) is 7.35. The van der Waals surface area contributed by atoms with Crippen molar-refractivity contribution >= 4 is 5.91 Å². The number of benzene rings is 2. The van der Waals surface area contributed by atoms with Gasteiger partial charge < -0.3 is 10.6 Å². The molecule has 0 spiro atoms. The molecule has 0 aromatic heterocycles. The molecule has 3 aliphatic rings. The zero-order chi connectivity index (χ0) is 16.1. The van der Waals surface area contributed by atoms with E-state index in [9.17, 15) is 4.79 Å². The molecule has 2 aromatic rings. The van der Waals surface area contributed by atoms with Gasteiger partial charge in [-0.15, -0.1) is 0 Å². The van der Waals surface area contributed by atoms with Gasteiger partial charge in [0.15, 0.2) is 0 Å². The summed E-state index contributed by atoms with van der Waals surface area (Å²) >= 11 is 0. The van der Waals surface area contributed by atoms with E-state index in [2.05, 4.69) is 59.2 Å². The first-order chi connectivity index (χ1) is 11.8. The highest BCUT2D eigenvalue weighted by Crippen LogP contribution is 2.44. The van der Waals surface area contributed by atoms with Gasteiger partial charge in [-0.2, -0.15) is 0 Å². The van der Waals surface area contributed by atoms with Crippen LogP contribution in [0.1, 0.15) is 42.9 Å². The molecule has 1 aliphatic heterocycles. The molecule has 1 saturated heterocycles. The fourth-order valence-electron chi connectivity index (χ4n) is 4.46. The largest absolute Gasteiger partial charge is 0.352 e. The molecule has 0 unspecified atom stereocenters. The number of amides is 1. The minimum atomic E-state index is 0.220. The molecule has 24 heavy (non-hydrogen) atoms. The average Bonchev–Trinajstić information content (AvgIpc) is 3.41. The van der Waals surface area contributed by atoms with E-state index in [0.29, 0.717) is 24.4 Å². The molecule has 122 valence electrons. The first-order valence-corrected chi connectivity index (χ1v) is 9.05. The summed E-state index contributed by atoms with van der Waals surface area (Å²) in [7, 11) is 0. The van der Waals surface area contributed by atoms with Crippen molar-refractivity contribution in [2.45, 2.75) is 43.8 Å². The molecular weight excluding hydrogens is 296 g/mol. The van der Waals surface area contributed by atoms with E-state index in [4.69, 9.17) is 0 Å². The second kappa shape index (κ2) is 5.45. The number of carbonyl (C=O) groups excluding carboxylic acids is 1. The lowest BCUT2D eigenvalue weighted by molar-refractivity contribution is -0.124. The Morgan fingerprint density at radius 2 is 1.50 bits per heavy atom. The van der Waals surface area contributed by atoms with Crippen LogP contribution in [-0.4, -0.2) is 18.0 Å². The Hall–Kier alpha value is -2.13. The van der Waals surface area contributed by atoms with E-state index < -0.39 is 0 Å². The molecule has 1 heterocycles. The summed E-state index contributed by atoms with van der Waals surface area (Å²) in [6.07, 6.45) is 4.08. The van der Waals surface area contributed by atoms with Gasteiger partial charge in [0, 0.05) is 18.5 Å². The van der Waals surface area contributed by atoms with Gasteiger partial charge in [-0.25, -0.2) is 0 Å². The third-order valence-corrected chi connectivity index (χ3v) is 5.79. The molecule has 2 atom stereocenters. The molecule has 3 heteroatoms. The maximum atomic E-state index is 11.8. The maximum absolute atomic E-state index is 11.8. The predicted molar refractivity (Wildman–Crippen MR) is 94.5 cm³/mol. The first-order valence-electron chi connectivity index (χ1n) is 9.05. The fourth-order valence-corrected chi connectivity index (χ4v) is 4.46. The van der Waals surface area contributed by atoms with Crippen LogP contribution in [0, 0.1) is 5.92 Å². The van der Waals surface area contributed by atoms with Gasteiger partial charge in [-0.1, -0.05) is 48.5 Å². The van der Waals surface area contributed by atoms with Gasteiger partial charge in [-0.3, -0.25) is 4.79 Å². The molecule has 2 N–H and O–H groups in total. The van der Waals surface area contributed by atoms with Crippen LogP contribution in [0.4, 0.5) is 0 Å². The van der Waals surface area contributed by atoms with Gasteiger partial charge in [0.2, 0.25) is 5.91 Å². The van der Waals surface area contributed by atoms with Gasteiger partial charge in [0.1, 0.15) is 0 Å². The molecule has 0 radical (unpaired) electrons. The standard InChI is InChI=1S/C21H22N2O/c24-19-12-11-18(20(23-19)13-9-10-13)22-21-16-7-3-1-5-14(16)15-6-2-4-8-17(15)21/h1-8,13,18,20-22H,9-12H2,(H,23,24)/t18-,20-/m0/s1. The normalized spacial score (nSPS) is 25.9. The monoisotopic (exact) mass is 318 g/mol. The van der Waals surface area contributed by atoms with E-state index in [0.717, 1.165) is 6.42 Å². The van der Waals surface area contributed by atoms with Gasteiger partial charge in [-0.05, 0) is 47.4 Å². The summed E-state index contributed by atoms with van der Waals surface area (Å²) < 4.78 is 0. The van der Waals surface area contributed by atoms with Crippen LogP contribution < -0.4 is 10.6 Å². The van der Waals surface area contributed by atoms with Crippen molar-refractivity contribution in [1.29, 1.82) is 0 Å². The number of fused-ring (bicyclic) bond motifs is 3. The quantitative estimate of drug-likeness (QED) is 0.910. The van der Waals surface area contributed by atoms with E-state index in [-0.39, 0.29) is 11.9 Å². The fraction of sp³-hybridized carbons (Fsp3) is 0.381. The van der Waals surface area contributed by atoms with Crippen LogP contribution in [-0.2, 0) is 4.79 Å². The number of rotatable bonds is 3. The average molecular weight is 318 g/mol. The van der Waals surface area contributed by atoms with Gasteiger partial charge >= 0.3 is 0 Å². The summed E-state index contributed by atoms with van der Waals surface area (Å²) in [5.41, 5.74) is 5.41. The number of hydrogen-bond donors (Lipinski definition) is 2. The second-order valence-electron chi connectivity index (χ2n) is 7.35. The number of hydrogen-bond acceptors (Lipinski definition) is 2. The third-order valence-electron chi connectivity index (χ3n) is 5.79. The lowest BCUT2D eigenvalue weighted by Crippen LogP contribution is -2.55. The van der Waals surface area contributed by atoms with E-state index in [1.165, 1.54) is 35.1 Å². The van der Waals surface area contributed by atoms with Crippen LogP contribution in [0.3, 0.4) is 0 Å². The molecule has 2 aromatic carbocycles. The third kappa shape index (κ3) is 2.27. The van der Waals surface area contributed by atoms with Crippen LogP contribution in [0.25, 0.3) is 11.1 Å². The minimum Gasteiger partial charge on any atom is -0.352 e. The molecule has 1 saturated carbocycles. The molecule has 2 fully saturated rings. The Labute approximate surface area is 142 Å². The highest BCUT2D eigenvalue weighted by molar-refractivity contribution is 5.79. The molecular formula is C21H22N2O. The van der Waals surface area contributed by atoms with E-state index in [1.54, 1.807) is 0 Å². The van der Waals surface area contributed by atoms with Crippen molar-refractivity contribution in [1.82, 2.24) is 10.6 Å². The molecule has 0 bridgehead atoms. The van der Waals surface area contributed by atoms with Crippen LogP contribution in [0.15, 0.2) is 48.5 Å². The minimum absolute atomic E-state index is 0.220. The van der Waals surface area contributed by atoms with Crippen molar-refractivity contribution in [2.75, 3.05) is 0 Å². The predicted octanol–water partition coefficient (Wildman–Crippen LogP) is 3.40. The number of piperidine rings is 1. The summed E-state index contributed by atoms with van der Waals surface area (Å²) in [6, 6.07) is 18.3. The molecule has 2 aliphatic carbocycles. The zero-order valence-electron chi connectivity index (χ0n) is 13.7. The summed E-state index contributed by atoms with van der Waals surface area (Å²) in [4.78, 5) is 11.8. The Morgan fingerprint density at radius 1 is 0.875 bits per heavy atom. The van der Waals surface area contributed by atoms with Crippen molar-refractivity contribution in [2.24, 2.45) is 5.92 Å². The van der Waals surface area contributed by atoms with Crippen molar-refractivity contribution in [3.8, 4) is 11.1 Å². The SMILES string of the molecule is O=C1CC[C@H](NC2c3ccccc3-c3ccccc32)[C@H](C2CC2)N1. The molecule has 5 rings (SSSR count). The summed E-state index contributed by atoms with van der Waals surface area (Å²) in [5.74, 6) is 0.885. The Bertz CT molecular complexity index is 750. The smallest absolute Gasteiger partial charge is 0.220 e. The van der Waals surface area contributed by atoms with Gasteiger partial charge in [0.25, 0.3) is 0 Å². The lowest BCUT2D eigenvalue weighted by Gasteiger charge is -2.35. The molecule has 3 nitrogen and oxygen atoms in total. The highest BCUT2D eigenvalue weighted by atomic mass is 16.1. The maximum Gasteiger partial charge on any atom is 0.220 e. The van der Waals surface area contributed by atoms with E-state index >= 15 is 0 Å². The lowest BCUT2D eigenvalue weighted by atomic mass is 9.92. The zero-order valence-corrected chi connectivity index (χ0v) is 13.7. The summed E-state index contributed by atoms with van der Waals surface area (Å²) in [6.45, 7) is 0. The van der Waals surface area contributed by atoms with Crippen molar-refractivity contribution < 1.29 is 4.79 Å². The van der Waals surface area contributed by atoms with Crippen molar-refractivity contribution in [3.05, 3.63) is 59.7 Å². The highest BCUT2D eigenvalue weighted by Gasteiger charge is 2.41. The van der Waals surface area contributed by atoms with Crippen LogP contribution in [0.5, 0.6) is 0 Å². The summed E-state index contributed by atoms with van der Waals surface area (Å²) in [5, 5.41) is 7.16. The molecule has 1 amide bonds. The van der Waals surface area contributed by atoms with Gasteiger partial charge in [0.05, 0.1) is 6.04 Å². The van der Waals surface area contributed by atoms with E-state index in [1.807, 2.05) is 0 Å². The van der Waals surface area contributed by atoms with Crippen LogP contribution >= 0.6 is 0 Å². The topological polar surface area (TPSA) is 41.1 Å². The number of carbonyl (C=O) groups is 1. The Morgan fingerprint density at radius 3 is 2.12 bits per heavy atom. The Kier molecular flexibility index (Phi) is 3.23. The number of nitrogens with one attached hydrogen (secondary N) is 2. The Balaban J connectivity index is 1.49.